The van der Waals surface area contributed by atoms with Gasteiger partial charge in [-0.15, -0.1) is 0 Å². The van der Waals surface area contributed by atoms with E-state index in [-0.39, 0.29) is 39.7 Å². The molecule has 1 rings (SSSR count). The molecule has 6 heteroatoms. The quantitative estimate of drug-likeness (QED) is 0.403. The molecule has 0 bridgehead atoms. The standard InChI is InChI=1S/C4H7O3PS.Na.H/c1-4(7-8-5)6-2-3-9-4;;/h2-3H2,1H3;;/q;+1;-1. The summed E-state index contributed by atoms with van der Waals surface area (Å²) in [4.78, 5) is 0. The van der Waals surface area contributed by atoms with E-state index in [1.165, 1.54) is 11.8 Å². The van der Waals surface area contributed by atoms with E-state index >= 15 is 0 Å². The summed E-state index contributed by atoms with van der Waals surface area (Å²) in [5, 5.41) is -0.663. The van der Waals surface area contributed by atoms with Crippen molar-refractivity contribution in [2.24, 2.45) is 0 Å². The fourth-order valence-electron chi connectivity index (χ4n) is 0.616. The van der Waals surface area contributed by atoms with Crippen LogP contribution in [0.5, 0.6) is 0 Å². The monoisotopic (exact) mass is 190 g/mol. The predicted octanol–water partition coefficient (Wildman–Crippen LogP) is -1.24. The second-order valence-corrected chi connectivity index (χ2v) is 3.50. The van der Waals surface area contributed by atoms with Crippen LogP contribution in [0.4, 0.5) is 0 Å². The van der Waals surface area contributed by atoms with Crippen molar-refractivity contribution >= 4 is 20.4 Å². The van der Waals surface area contributed by atoms with Gasteiger partial charge in [0.2, 0.25) is 5.12 Å². The first-order valence-corrected chi connectivity index (χ1v) is 4.27. The Hall–Kier alpha value is 1.37. The fourth-order valence-corrected chi connectivity index (χ4v) is 1.81. The van der Waals surface area contributed by atoms with Gasteiger partial charge in [0, 0.05) is 12.7 Å². The van der Waals surface area contributed by atoms with E-state index in [0.29, 0.717) is 6.61 Å². The minimum atomic E-state index is -0.663. The molecule has 0 aromatic rings. The van der Waals surface area contributed by atoms with Crippen LogP contribution in [0.2, 0.25) is 0 Å². The Kier molecular flexibility index (Phi) is 5.79. The third-order valence-electron chi connectivity index (χ3n) is 1.01. The van der Waals surface area contributed by atoms with Crippen molar-refractivity contribution in [3.63, 3.8) is 0 Å². The Morgan fingerprint density at radius 2 is 2.60 bits per heavy atom. The minimum absolute atomic E-state index is 0. The van der Waals surface area contributed by atoms with Gasteiger partial charge in [-0.3, -0.25) is 4.52 Å². The summed E-state index contributed by atoms with van der Waals surface area (Å²) in [6.07, 6.45) is 0. The van der Waals surface area contributed by atoms with Crippen LogP contribution in [0.1, 0.15) is 8.35 Å². The Morgan fingerprint density at radius 3 is 3.00 bits per heavy atom. The van der Waals surface area contributed by atoms with Crippen LogP contribution in [0.3, 0.4) is 0 Å². The predicted molar refractivity (Wildman–Crippen MR) is 36.6 cm³/mol. The molecule has 1 saturated heterocycles. The van der Waals surface area contributed by atoms with Gasteiger partial charge in [-0.1, -0.05) is 11.8 Å². The molecular formula is C4H8NaO3PS. The molecule has 10 heavy (non-hydrogen) atoms. The molecule has 1 aliphatic heterocycles. The molecule has 1 unspecified atom stereocenters. The smallest absolute Gasteiger partial charge is 1.00 e. The first kappa shape index (κ1) is 11.4. The Bertz CT molecular complexity index is 122. The van der Waals surface area contributed by atoms with E-state index in [1.807, 2.05) is 0 Å². The SMILES string of the molecule is CC1(OP=O)OCCS1.[H-].[Na+]. The van der Waals surface area contributed by atoms with Crippen LogP contribution in [0.25, 0.3) is 0 Å². The number of ether oxygens (including phenoxy) is 1. The molecule has 0 aromatic carbocycles. The van der Waals surface area contributed by atoms with Crippen molar-refractivity contribution in [3.8, 4) is 0 Å². The molecule has 1 aliphatic rings. The van der Waals surface area contributed by atoms with E-state index in [2.05, 4.69) is 0 Å². The van der Waals surface area contributed by atoms with E-state index in [4.69, 9.17) is 9.26 Å². The molecule has 1 atom stereocenters. The first-order chi connectivity index (χ1) is 4.27. The van der Waals surface area contributed by atoms with Crippen molar-refractivity contribution in [2.45, 2.75) is 12.0 Å². The summed E-state index contributed by atoms with van der Waals surface area (Å²) in [5.41, 5.74) is 0. The zero-order valence-electron chi connectivity index (χ0n) is 6.99. The molecule has 0 spiro atoms. The Morgan fingerprint density at radius 1 is 1.90 bits per heavy atom. The second-order valence-electron chi connectivity index (χ2n) is 1.73. The topological polar surface area (TPSA) is 35.5 Å². The molecule has 3 nitrogen and oxygen atoms in total. The third-order valence-corrected chi connectivity index (χ3v) is 2.66. The van der Waals surface area contributed by atoms with Crippen LogP contribution in [-0.4, -0.2) is 17.5 Å². The number of thioether (sulfide) groups is 1. The maximum Gasteiger partial charge on any atom is 1.00 e. The Balaban J connectivity index is 0. The summed E-state index contributed by atoms with van der Waals surface area (Å²) in [7, 11) is -0.316. The van der Waals surface area contributed by atoms with Gasteiger partial charge in [-0.05, 0) is 0 Å². The van der Waals surface area contributed by atoms with Gasteiger partial charge in [0.05, 0.1) is 6.61 Å². The average molecular weight is 190 g/mol. The molecule has 0 N–H and O–H groups in total. The molecular weight excluding hydrogens is 182 g/mol. The molecule has 0 aliphatic carbocycles. The summed E-state index contributed by atoms with van der Waals surface area (Å²) in [5.74, 6) is 0.909. The molecule has 1 fully saturated rings. The van der Waals surface area contributed by atoms with Gasteiger partial charge in [-0.25, -0.2) is 4.57 Å². The van der Waals surface area contributed by atoms with Gasteiger partial charge >= 0.3 is 38.2 Å². The van der Waals surface area contributed by atoms with Gasteiger partial charge in [0.15, 0.2) is 0 Å². The minimum Gasteiger partial charge on any atom is -1.00 e. The van der Waals surface area contributed by atoms with Gasteiger partial charge in [0.1, 0.15) is 0 Å². The maximum absolute atomic E-state index is 9.95. The van der Waals surface area contributed by atoms with Crippen LogP contribution in [-0.2, 0) is 13.8 Å². The maximum atomic E-state index is 9.95. The second kappa shape index (κ2) is 5.09. The van der Waals surface area contributed by atoms with Crippen molar-refractivity contribution < 1.29 is 44.8 Å². The summed E-state index contributed by atoms with van der Waals surface area (Å²) >= 11 is 1.52. The fraction of sp³-hybridized carbons (Fsp3) is 1.00. The molecule has 0 amide bonds. The van der Waals surface area contributed by atoms with Crippen molar-refractivity contribution in [1.29, 1.82) is 0 Å². The van der Waals surface area contributed by atoms with E-state index in [1.54, 1.807) is 6.92 Å². The van der Waals surface area contributed by atoms with E-state index < -0.39 is 5.12 Å². The van der Waals surface area contributed by atoms with Crippen molar-refractivity contribution in [2.75, 3.05) is 12.4 Å². The van der Waals surface area contributed by atoms with Crippen LogP contribution in [0, 0.1) is 0 Å². The van der Waals surface area contributed by atoms with Crippen LogP contribution < -0.4 is 29.6 Å². The van der Waals surface area contributed by atoms with Crippen LogP contribution >= 0.6 is 20.4 Å². The summed E-state index contributed by atoms with van der Waals surface area (Å²) in [6.45, 7) is 2.44. The molecule has 54 valence electrons. The molecule has 1 heterocycles. The zero-order chi connectivity index (χ0) is 6.74. The molecule has 0 aromatic heterocycles. The number of rotatable bonds is 2. The summed E-state index contributed by atoms with van der Waals surface area (Å²) < 4.78 is 19.8. The largest absolute Gasteiger partial charge is 1.00 e. The molecule has 0 radical (unpaired) electrons. The molecule has 0 saturated carbocycles. The van der Waals surface area contributed by atoms with Gasteiger partial charge in [0.25, 0.3) is 0 Å². The average Bonchev–Trinajstić information content (AvgIpc) is 2.16. The van der Waals surface area contributed by atoms with E-state index in [0.717, 1.165) is 5.75 Å². The first-order valence-electron chi connectivity index (χ1n) is 2.55. The number of hydrogen-bond acceptors (Lipinski definition) is 4. The van der Waals surface area contributed by atoms with Crippen molar-refractivity contribution in [1.82, 2.24) is 0 Å². The third kappa shape index (κ3) is 3.18. The van der Waals surface area contributed by atoms with Crippen LogP contribution in [0.15, 0.2) is 0 Å². The normalized spacial score (nSPS) is 32.1. The van der Waals surface area contributed by atoms with Gasteiger partial charge < -0.3 is 6.16 Å². The van der Waals surface area contributed by atoms with E-state index in [9.17, 15) is 4.57 Å². The Labute approximate surface area is 89.3 Å². The van der Waals surface area contributed by atoms with Gasteiger partial charge in [-0.2, -0.15) is 0 Å². The van der Waals surface area contributed by atoms with Crippen molar-refractivity contribution in [3.05, 3.63) is 0 Å². The zero-order valence-corrected chi connectivity index (χ0v) is 9.71. The number of hydrogen-bond donors (Lipinski definition) is 0. The summed E-state index contributed by atoms with van der Waals surface area (Å²) in [6, 6.07) is 0.